The maximum atomic E-state index is 11.1. The number of halogens is 1. The van der Waals surface area contributed by atoms with E-state index in [2.05, 4.69) is 9.42 Å². The minimum Gasteiger partial charge on any atom is -0.469 e. The maximum Gasteiger partial charge on any atom is 0.305 e. The van der Waals surface area contributed by atoms with Crippen molar-refractivity contribution < 1.29 is 9.53 Å². The van der Waals surface area contributed by atoms with Crippen molar-refractivity contribution in [1.82, 2.24) is 9.78 Å². The van der Waals surface area contributed by atoms with Crippen LogP contribution in [0.2, 0.25) is 5.02 Å². The largest absolute Gasteiger partial charge is 0.469 e. The van der Waals surface area contributed by atoms with E-state index in [1.807, 2.05) is 24.3 Å². The Morgan fingerprint density at radius 1 is 1.21 bits per heavy atom. The van der Waals surface area contributed by atoms with Crippen molar-refractivity contribution in [2.24, 2.45) is 0 Å². The second kappa shape index (κ2) is 7.84. The van der Waals surface area contributed by atoms with Crippen LogP contribution in [0.4, 0.5) is 0 Å². The molecule has 1 aromatic carbocycles. The number of hydrogen-bond acceptors (Lipinski definition) is 3. The molecule has 3 rings (SSSR count). The van der Waals surface area contributed by atoms with Crippen molar-refractivity contribution in [3.8, 4) is 5.69 Å². The number of carbonyl (C=O) groups is 1. The zero-order valence-corrected chi connectivity index (χ0v) is 14.8. The molecule has 0 saturated carbocycles. The fourth-order valence-electron chi connectivity index (χ4n) is 3.35. The molecule has 0 atom stereocenters. The average Bonchev–Trinajstić information content (AvgIpc) is 3.18. The van der Waals surface area contributed by atoms with Gasteiger partial charge in [-0.05, 0) is 68.4 Å². The Labute approximate surface area is 147 Å². The quantitative estimate of drug-likeness (QED) is 0.555. The predicted octanol–water partition coefficient (Wildman–Crippen LogP) is 4.29. The number of carbonyl (C=O) groups excluding carboxylic acids is 1. The minimum absolute atomic E-state index is 0.122. The fourth-order valence-corrected chi connectivity index (χ4v) is 3.48. The van der Waals surface area contributed by atoms with E-state index < -0.39 is 0 Å². The molecular formula is C19H23ClN2O2. The van der Waals surface area contributed by atoms with Crippen LogP contribution in [-0.4, -0.2) is 22.9 Å². The second-order valence-corrected chi connectivity index (χ2v) is 6.69. The number of nitrogens with zero attached hydrogens (tertiary/aromatic N) is 2. The minimum atomic E-state index is -0.122. The SMILES string of the molecule is COC(=O)CCCCCc1nn(-c2ccc(Cl)cc2)c2c1CCC2. The van der Waals surface area contributed by atoms with Gasteiger partial charge in [-0.3, -0.25) is 4.79 Å². The molecule has 0 amide bonds. The molecule has 0 unspecified atom stereocenters. The maximum absolute atomic E-state index is 11.1. The van der Waals surface area contributed by atoms with E-state index in [4.69, 9.17) is 16.7 Å². The van der Waals surface area contributed by atoms with Crippen LogP contribution < -0.4 is 0 Å². The molecule has 4 nitrogen and oxygen atoms in total. The number of benzene rings is 1. The molecule has 128 valence electrons. The predicted molar refractivity (Wildman–Crippen MR) is 94.8 cm³/mol. The van der Waals surface area contributed by atoms with E-state index in [-0.39, 0.29) is 5.97 Å². The van der Waals surface area contributed by atoms with E-state index in [1.54, 1.807) is 0 Å². The van der Waals surface area contributed by atoms with Gasteiger partial charge in [0, 0.05) is 17.1 Å². The summed E-state index contributed by atoms with van der Waals surface area (Å²) in [4.78, 5) is 11.1. The Hall–Kier alpha value is -1.81. The lowest BCUT2D eigenvalue weighted by Crippen LogP contribution is -2.02. The van der Waals surface area contributed by atoms with Gasteiger partial charge in [0.15, 0.2) is 0 Å². The molecule has 0 bridgehead atoms. The third-order valence-corrected chi connectivity index (χ3v) is 4.86. The molecule has 0 aliphatic heterocycles. The van der Waals surface area contributed by atoms with Crippen molar-refractivity contribution in [2.45, 2.75) is 51.4 Å². The van der Waals surface area contributed by atoms with Crippen LogP contribution in [0.5, 0.6) is 0 Å². The van der Waals surface area contributed by atoms with Gasteiger partial charge in [-0.15, -0.1) is 0 Å². The van der Waals surface area contributed by atoms with Gasteiger partial charge < -0.3 is 4.74 Å². The number of rotatable bonds is 7. The molecule has 0 radical (unpaired) electrons. The zero-order chi connectivity index (χ0) is 16.9. The number of hydrogen-bond donors (Lipinski definition) is 0. The Morgan fingerprint density at radius 3 is 2.75 bits per heavy atom. The second-order valence-electron chi connectivity index (χ2n) is 6.25. The van der Waals surface area contributed by atoms with Gasteiger partial charge in [-0.1, -0.05) is 18.0 Å². The van der Waals surface area contributed by atoms with Crippen LogP contribution in [0.15, 0.2) is 24.3 Å². The number of methoxy groups -OCH3 is 1. The lowest BCUT2D eigenvalue weighted by molar-refractivity contribution is -0.140. The van der Waals surface area contributed by atoms with Gasteiger partial charge in [-0.25, -0.2) is 4.68 Å². The molecule has 1 aliphatic rings. The Balaban J connectivity index is 1.65. The van der Waals surface area contributed by atoms with Crippen molar-refractivity contribution in [3.63, 3.8) is 0 Å². The molecule has 1 aromatic heterocycles. The Morgan fingerprint density at radius 2 is 2.00 bits per heavy atom. The summed E-state index contributed by atoms with van der Waals surface area (Å²) in [6.07, 6.45) is 7.87. The Kier molecular flexibility index (Phi) is 5.56. The van der Waals surface area contributed by atoms with E-state index >= 15 is 0 Å². The smallest absolute Gasteiger partial charge is 0.305 e. The highest BCUT2D eigenvalue weighted by Gasteiger charge is 2.22. The number of aromatic nitrogens is 2. The van der Waals surface area contributed by atoms with Crippen molar-refractivity contribution in [2.75, 3.05) is 7.11 Å². The first kappa shape index (κ1) is 17.0. The normalized spacial score (nSPS) is 13.1. The molecule has 24 heavy (non-hydrogen) atoms. The van der Waals surface area contributed by atoms with Crippen molar-refractivity contribution in [1.29, 1.82) is 0 Å². The first-order valence-corrected chi connectivity index (χ1v) is 8.99. The van der Waals surface area contributed by atoms with E-state index in [1.165, 1.54) is 30.5 Å². The van der Waals surface area contributed by atoms with Gasteiger partial charge in [0.05, 0.1) is 18.5 Å². The van der Waals surface area contributed by atoms with Crippen molar-refractivity contribution in [3.05, 3.63) is 46.2 Å². The standard InChI is InChI=1S/C19H23ClN2O2/c1-24-19(23)9-4-2-3-7-17-16-6-5-8-18(16)22(21-17)15-12-10-14(20)11-13-15/h10-13H,2-9H2,1H3. The summed E-state index contributed by atoms with van der Waals surface area (Å²) in [6, 6.07) is 7.86. The van der Waals surface area contributed by atoms with Crippen LogP contribution in [0.25, 0.3) is 5.69 Å². The molecule has 2 aromatic rings. The highest BCUT2D eigenvalue weighted by molar-refractivity contribution is 6.30. The number of esters is 1. The first-order chi connectivity index (χ1) is 11.7. The van der Waals surface area contributed by atoms with Gasteiger partial charge in [0.2, 0.25) is 0 Å². The molecule has 1 heterocycles. The molecule has 0 N–H and O–H groups in total. The lowest BCUT2D eigenvalue weighted by atomic mass is 10.1. The molecule has 1 aliphatic carbocycles. The summed E-state index contributed by atoms with van der Waals surface area (Å²) < 4.78 is 6.76. The number of unbranched alkanes of at least 4 members (excludes halogenated alkanes) is 2. The van der Waals surface area contributed by atoms with Gasteiger partial charge in [-0.2, -0.15) is 5.10 Å². The average molecular weight is 347 g/mol. The summed E-state index contributed by atoms with van der Waals surface area (Å²) in [7, 11) is 1.44. The molecule has 0 saturated heterocycles. The topological polar surface area (TPSA) is 44.1 Å². The molecular weight excluding hydrogens is 324 g/mol. The van der Waals surface area contributed by atoms with Crippen LogP contribution >= 0.6 is 11.6 Å². The molecule has 0 spiro atoms. The van der Waals surface area contributed by atoms with Crippen LogP contribution in [-0.2, 0) is 28.8 Å². The van der Waals surface area contributed by atoms with Crippen LogP contribution in [0.3, 0.4) is 0 Å². The highest BCUT2D eigenvalue weighted by Crippen LogP contribution is 2.29. The summed E-state index contributed by atoms with van der Waals surface area (Å²) in [5.41, 5.74) is 5.07. The van der Waals surface area contributed by atoms with E-state index in [0.29, 0.717) is 6.42 Å². The Bertz CT molecular complexity index is 707. The number of ether oxygens (including phenoxy) is 1. The lowest BCUT2D eigenvalue weighted by Gasteiger charge is -2.05. The summed E-state index contributed by atoms with van der Waals surface area (Å²) in [5.74, 6) is -0.122. The van der Waals surface area contributed by atoms with Gasteiger partial charge >= 0.3 is 5.97 Å². The van der Waals surface area contributed by atoms with Crippen molar-refractivity contribution >= 4 is 17.6 Å². The monoisotopic (exact) mass is 346 g/mol. The summed E-state index contributed by atoms with van der Waals surface area (Å²) in [5, 5.41) is 5.61. The molecule has 0 fully saturated rings. The number of aryl methyl sites for hydroxylation is 1. The third kappa shape index (κ3) is 3.81. The summed E-state index contributed by atoms with van der Waals surface area (Å²) in [6.45, 7) is 0. The summed E-state index contributed by atoms with van der Waals surface area (Å²) >= 11 is 5.99. The first-order valence-electron chi connectivity index (χ1n) is 8.61. The highest BCUT2D eigenvalue weighted by atomic mass is 35.5. The van der Waals surface area contributed by atoms with E-state index in [0.717, 1.165) is 49.2 Å². The third-order valence-electron chi connectivity index (χ3n) is 4.61. The van der Waals surface area contributed by atoms with Crippen LogP contribution in [0, 0.1) is 0 Å². The molecule has 5 heteroatoms. The fraction of sp³-hybridized carbons (Fsp3) is 0.474. The van der Waals surface area contributed by atoms with Gasteiger partial charge in [0.25, 0.3) is 0 Å². The van der Waals surface area contributed by atoms with Gasteiger partial charge in [0.1, 0.15) is 0 Å². The van der Waals surface area contributed by atoms with Crippen LogP contribution in [0.1, 0.15) is 49.1 Å². The zero-order valence-electron chi connectivity index (χ0n) is 14.1. The number of fused-ring (bicyclic) bond motifs is 1. The van der Waals surface area contributed by atoms with E-state index in [9.17, 15) is 4.79 Å².